The lowest BCUT2D eigenvalue weighted by molar-refractivity contribution is -0.149. The Morgan fingerprint density at radius 2 is 1.80 bits per heavy atom. The summed E-state index contributed by atoms with van der Waals surface area (Å²) in [6.07, 6.45) is 5.61. The maximum absolute atomic E-state index is 14.2. The third-order valence-corrected chi connectivity index (χ3v) is 11.2. The average molecular weight is 673 g/mol. The first-order chi connectivity index (χ1) is 23.6. The van der Waals surface area contributed by atoms with Gasteiger partial charge in [0.25, 0.3) is 5.91 Å². The number of anilines is 1. The van der Waals surface area contributed by atoms with E-state index in [1.807, 2.05) is 30.3 Å². The number of rotatable bonds is 16. The van der Waals surface area contributed by atoms with E-state index in [-0.39, 0.29) is 23.4 Å². The minimum atomic E-state index is -1.27. The normalized spacial score (nSPS) is 23.8. The second-order valence-electron chi connectivity index (χ2n) is 14.5. The van der Waals surface area contributed by atoms with E-state index < -0.39 is 17.4 Å². The molecule has 4 saturated carbocycles. The van der Waals surface area contributed by atoms with Crippen LogP contribution in [-0.4, -0.2) is 84.6 Å². The van der Waals surface area contributed by atoms with Gasteiger partial charge in [-0.05, 0) is 137 Å². The molecular formula is C38H52N6O5. The van der Waals surface area contributed by atoms with Crippen LogP contribution < -0.4 is 25.8 Å². The molecule has 4 aliphatic carbocycles. The number of aliphatic carboxylic acids is 1. The Morgan fingerprint density at radius 3 is 2.45 bits per heavy atom. The summed E-state index contributed by atoms with van der Waals surface area (Å²) >= 11 is 0. The standard InChI is InChI=1S/C38H52N6O5/c1-23(2)28-21-27(40-14-8-16-43(3)15-7-13-39)11-12-31(28)44-32(35-33(48-4)9-6-10-34(35)49-5)22-30(42-44)36(45)41-38(37(46)47)26-18-24-17-25(20-26)29(38)19-24/h6,9-12,21-26,29,40H,7-8,13-20,39H2,1-5H3,(H,41,45)(H,46,47). The van der Waals surface area contributed by atoms with Crippen LogP contribution in [0.2, 0.25) is 0 Å². The fraction of sp³-hybridized carbons (Fsp3) is 0.553. The molecule has 0 aliphatic heterocycles. The zero-order chi connectivity index (χ0) is 34.9. The van der Waals surface area contributed by atoms with Crippen LogP contribution in [0.4, 0.5) is 5.69 Å². The third-order valence-electron chi connectivity index (χ3n) is 11.2. The number of benzene rings is 2. The molecule has 11 nitrogen and oxygen atoms in total. The van der Waals surface area contributed by atoms with E-state index in [1.165, 1.54) is 0 Å². The molecule has 0 spiro atoms. The molecule has 4 bridgehead atoms. The highest BCUT2D eigenvalue weighted by Gasteiger charge is 2.67. The topological polar surface area (TPSA) is 144 Å². The molecule has 5 N–H and O–H groups in total. The molecule has 5 atom stereocenters. The summed E-state index contributed by atoms with van der Waals surface area (Å²) in [7, 11) is 5.32. The highest BCUT2D eigenvalue weighted by molar-refractivity contribution is 5.98. The fourth-order valence-corrected chi connectivity index (χ4v) is 8.95. The quantitative estimate of drug-likeness (QED) is 0.148. The van der Waals surface area contributed by atoms with Crippen molar-refractivity contribution in [2.45, 2.75) is 63.8 Å². The summed E-state index contributed by atoms with van der Waals surface area (Å²) in [5, 5.41) is 22.2. The van der Waals surface area contributed by atoms with Gasteiger partial charge in [0.15, 0.2) is 5.69 Å². The van der Waals surface area contributed by atoms with Gasteiger partial charge in [-0.2, -0.15) is 5.10 Å². The van der Waals surface area contributed by atoms with E-state index in [0.717, 1.165) is 75.1 Å². The van der Waals surface area contributed by atoms with Gasteiger partial charge in [0, 0.05) is 12.2 Å². The number of carbonyl (C=O) groups is 2. The largest absolute Gasteiger partial charge is 0.496 e. The van der Waals surface area contributed by atoms with Gasteiger partial charge in [-0.3, -0.25) is 4.79 Å². The molecule has 3 aromatic rings. The van der Waals surface area contributed by atoms with Crippen molar-refractivity contribution in [3.05, 3.63) is 53.7 Å². The van der Waals surface area contributed by atoms with Crippen molar-refractivity contribution in [2.24, 2.45) is 29.4 Å². The van der Waals surface area contributed by atoms with Crippen molar-refractivity contribution in [1.82, 2.24) is 20.0 Å². The number of aromatic nitrogens is 2. The van der Waals surface area contributed by atoms with E-state index in [4.69, 9.17) is 20.3 Å². The van der Waals surface area contributed by atoms with Crippen molar-refractivity contribution in [3.8, 4) is 28.4 Å². The molecular weight excluding hydrogens is 620 g/mol. The fourth-order valence-electron chi connectivity index (χ4n) is 8.95. The van der Waals surface area contributed by atoms with Gasteiger partial charge in [-0.15, -0.1) is 0 Å². The number of amides is 1. The van der Waals surface area contributed by atoms with Crippen LogP contribution >= 0.6 is 0 Å². The predicted octanol–water partition coefficient (Wildman–Crippen LogP) is 5.38. The highest BCUT2D eigenvalue weighted by Crippen LogP contribution is 2.63. The first-order valence-electron chi connectivity index (χ1n) is 17.7. The second kappa shape index (κ2) is 14.4. The highest BCUT2D eigenvalue weighted by atomic mass is 16.5. The number of nitrogens with zero attached hydrogens (tertiary/aromatic N) is 3. The van der Waals surface area contributed by atoms with Crippen molar-refractivity contribution >= 4 is 17.6 Å². The first kappa shape index (κ1) is 34.8. The maximum atomic E-state index is 14.2. The number of hydrogen-bond acceptors (Lipinski definition) is 8. The minimum Gasteiger partial charge on any atom is -0.496 e. The lowest BCUT2D eigenvalue weighted by Crippen LogP contribution is -2.62. The number of carboxylic acid groups (broad SMARTS) is 1. The Hall–Kier alpha value is -4.09. The van der Waals surface area contributed by atoms with E-state index >= 15 is 0 Å². The van der Waals surface area contributed by atoms with Crippen LogP contribution in [-0.2, 0) is 4.79 Å². The minimum absolute atomic E-state index is 0.0486. The molecule has 0 radical (unpaired) electrons. The van der Waals surface area contributed by atoms with Gasteiger partial charge in [0.2, 0.25) is 0 Å². The number of hydrogen-bond donors (Lipinski definition) is 4. The summed E-state index contributed by atoms with van der Waals surface area (Å²) in [4.78, 5) is 29.5. The zero-order valence-electron chi connectivity index (χ0n) is 29.5. The monoisotopic (exact) mass is 672 g/mol. The van der Waals surface area contributed by atoms with E-state index in [0.29, 0.717) is 41.1 Å². The van der Waals surface area contributed by atoms with Crippen LogP contribution in [0.3, 0.4) is 0 Å². The van der Waals surface area contributed by atoms with Crippen LogP contribution in [0.25, 0.3) is 16.9 Å². The van der Waals surface area contributed by atoms with Crippen molar-refractivity contribution in [2.75, 3.05) is 52.8 Å². The molecule has 4 aliphatic rings. The molecule has 264 valence electrons. The van der Waals surface area contributed by atoms with Crippen molar-refractivity contribution < 1.29 is 24.2 Å². The summed E-state index contributed by atoms with van der Waals surface area (Å²) < 4.78 is 13.4. The Labute approximate surface area is 289 Å². The van der Waals surface area contributed by atoms with E-state index in [2.05, 4.69) is 42.5 Å². The molecule has 1 aromatic heterocycles. The number of nitrogens with two attached hydrogens (primary N) is 1. The number of ether oxygens (including phenoxy) is 2. The third kappa shape index (κ3) is 6.50. The Bertz CT molecular complexity index is 1650. The van der Waals surface area contributed by atoms with Crippen molar-refractivity contribution in [1.29, 1.82) is 0 Å². The maximum Gasteiger partial charge on any atom is 0.330 e. The smallest absolute Gasteiger partial charge is 0.330 e. The number of carbonyl (C=O) groups excluding carboxylic acids is 1. The van der Waals surface area contributed by atoms with Crippen LogP contribution in [0, 0.1) is 23.7 Å². The zero-order valence-corrected chi connectivity index (χ0v) is 29.5. The Balaban J connectivity index is 1.36. The molecule has 2 aromatic carbocycles. The number of nitrogens with one attached hydrogen (secondary N) is 2. The van der Waals surface area contributed by atoms with E-state index in [1.54, 1.807) is 25.0 Å². The molecule has 1 amide bonds. The molecule has 7 rings (SSSR count). The van der Waals surface area contributed by atoms with Crippen LogP contribution in [0.15, 0.2) is 42.5 Å². The van der Waals surface area contributed by atoms with Gasteiger partial charge in [-0.25, -0.2) is 9.48 Å². The molecule has 49 heavy (non-hydrogen) atoms. The molecule has 5 unspecified atom stereocenters. The second-order valence-corrected chi connectivity index (χ2v) is 14.5. The van der Waals surface area contributed by atoms with E-state index in [9.17, 15) is 14.7 Å². The molecule has 0 saturated heterocycles. The molecule has 4 fully saturated rings. The van der Waals surface area contributed by atoms with Gasteiger partial charge in [0.05, 0.1) is 31.2 Å². The number of carboxylic acids is 1. The Morgan fingerprint density at radius 1 is 1.06 bits per heavy atom. The first-order valence-corrected chi connectivity index (χ1v) is 17.7. The molecule has 1 heterocycles. The lowest BCUT2D eigenvalue weighted by atomic mass is 9.70. The number of methoxy groups -OCH3 is 2. The summed E-state index contributed by atoms with van der Waals surface area (Å²) in [5.41, 5.74) is 8.68. The molecule has 11 heteroatoms. The predicted molar refractivity (Wildman–Crippen MR) is 191 cm³/mol. The van der Waals surface area contributed by atoms with Crippen LogP contribution in [0.5, 0.6) is 11.5 Å². The average Bonchev–Trinajstić information content (AvgIpc) is 3.72. The summed E-state index contributed by atoms with van der Waals surface area (Å²) in [5.74, 6) is 0.665. The van der Waals surface area contributed by atoms with Crippen LogP contribution in [0.1, 0.15) is 74.3 Å². The summed E-state index contributed by atoms with van der Waals surface area (Å²) in [6, 6.07) is 13.5. The van der Waals surface area contributed by atoms with Crippen molar-refractivity contribution in [3.63, 3.8) is 0 Å². The summed E-state index contributed by atoms with van der Waals surface area (Å²) in [6.45, 7) is 7.77. The van der Waals surface area contributed by atoms with Gasteiger partial charge in [0.1, 0.15) is 17.0 Å². The van der Waals surface area contributed by atoms with Gasteiger partial charge >= 0.3 is 5.97 Å². The van der Waals surface area contributed by atoms with Gasteiger partial charge in [-0.1, -0.05) is 19.9 Å². The van der Waals surface area contributed by atoms with Gasteiger partial charge < -0.3 is 35.8 Å². The SMILES string of the molecule is COc1cccc(OC)c1-c1cc(C(=O)NC2(C(=O)O)C3CC4CC(C3)C2C4)nn1-c1ccc(NCCCN(C)CCCN)cc1C(C)C. The lowest BCUT2D eigenvalue weighted by Gasteiger charge is -2.41. The Kier molecular flexibility index (Phi) is 10.2.